The summed E-state index contributed by atoms with van der Waals surface area (Å²) in [6.07, 6.45) is 1.69. The number of thiazole rings is 1. The Balaban J connectivity index is 1.64. The Morgan fingerprint density at radius 1 is 0.857 bits per heavy atom. The Labute approximate surface area is 497 Å². The largest absolute Gasteiger partial charge is 0.481 e. The lowest BCUT2D eigenvalue weighted by Gasteiger charge is -2.39. The number of alkyl carbamates (subject to hydrolysis) is 1. The highest BCUT2D eigenvalue weighted by molar-refractivity contribution is 7.09. The third-order valence-corrected chi connectivity index (χ3v) is 15.3. The minimum Gasteiger partial charge on any atom is -0.481 e. The first kappa shape index (κ1) is 71.8. The smallest absolute Gasteiger partial charge is 0.412 e. The molecule has 0 saturated carbocycles. The molecule has 1 saturated heterocycles. The summed E-state index contributed by atoms with van der Waals surface area (Å²) in [4.78, 5) is 125. The van der Waals surface area contributed by atoms with Crippen LogP contribution in [-0.4, -0.2) is 176 Å². The van der Waals surface area contributed by atoms with Gasteiger partial charge in [0.25, 0.3) is 5.91 Å². The van der Waals surface area contributed by atoms with E-state index in [9.17, 15) is 53.4 Å². The van der Waals surface area contributed by atoms with Gasteiger partial charge in [-0.15, -0.1) is 11.3 Å². The summed E-state index contributed by atoms with van der Waals surface area (Å²) < 4.78 is 32.6. The summed E-state index contributed by atoms with van der Waals surface area (Å²) in [5.41, 5.74) is 0.670. The number of piperidine rings is 1. The number of unbranched alkanes of at least 4 members (excludes halogenated alkanes) is 1. The number of carbonyl (C=O) groups is 9. The second-order valence-electron chi connectivity index (χ2n) is 21.4. The Bertz CT molecular complexity index is 2390. The van der Waals surface area contributed by atoms with E-state index in [1.54, 1.807) is 24.3 Å². The molecule has 472 valence electrons. The van der Waals surface area contributed by atoms with Crippen LogP contribution in [0, 0.1) is 17.8 Å². The standard InChI is InChI=1S/C58H92N8O17S/c1-11-18-49(70)80-35-66(55(73)51(37(6)12-2)64-53(72)45-19-14-17-28-65(45)9)46(36(4)5)31-47(81-39(8)68)54-63-44(34-84-54)52(71)62-41(29-38(7)56(74)75)30-40-20-22-43(23-21-40)83-58(77)60-26-16-15-25-59-48(69)24-27-61-57(76)79-33-50(78-10)82-42(13-3)32-67/h20-23,34,36-38,41-42,45-47,50-51,67H,11-19,24-33,35H2,1-10H3,(H,59,69)(H,60,77)(H,61,76)(H,62,71)(H,64,72)(H,74,75)/t37-,38-,41+,42?,45+,46+,47+,50?,51-/m0/s1. The van der Waals surface area contributed by atoms with Crippen molar-refractivity contribution in [2.75, 3.05) is 60.3 Å². The molecule has 84 heavy (non-hydrogen) atoms. The van der Waals surface area contributed by atoms with Crippen molar-refractivity contribution in [3.05, 3.63) is 45.9 Å². The van der Waals surface area contributed by atoms with Crippen LogP contribution in [-0.2, 0) is 58.9 Å². The van der Waals surface area contributed by atoms with Crippen molar-refractivity contribution in [3.8, 4) is 5.75 Å². The summed E-state index contributed by atoms with van der Waals surface area (Å²) in [6.45, 7) is 14.5. The lowest BCUT2D eigenvalue weighted by molar-refractivity contribution is -0.181. The second kappa shape index (κ2) is 38.5. The Hall–Kier alpha value is -6.48. The molecule has 0 aliphatic carbocycles. The van der Waals surface area contributed by atoms with Gasteiger partial charge in [-0.05, 0) is 94.5 Å². The van der Waals surface area contributed by atoms with Crippen molar-refractivity contribution in [3.63, 3.8) is 0 Å². The first-order valence-corrected chi connectivity index (χ1v) is 30.1. The van der Waals surface area contributed by atoms with Gasteiger partial charge < -0.3 is 70.1 Å². The fourth-order valence-electron chi connectivity index (χ4n) is 9.15. The van der Waals surface area contributed by atoms with Crippen molar-refractivity contribution in [2.24, 2.45) is 17.8 Å². The number of carboxylic acid groups (broad SMARTS) is 1. The van der Waals surface area contributed by atoms with Crippen molar-refractivity contribution >= 4 is 65.1 Å². The molecule has 2 unspecified atom stereocenters. The van der Waals surface area contributed by atoms with E-state index in [0.29, 0.717) is 50.6 Å². The number of benzene rings is 1. The molecule has 2 aromatic rings. The van der Waals surface area contributed by atoms with Crippen LogP contribution in [0.25, 0.3) is 0 Å². The van der Waals surface area contributed by atoms with Crippen LogP contribution in [0.1, 0.15) is 160 Å². The predicted molar refractivity (Wildman–Crippen MR) is 310 cm³/mol. The molecule has 1 aliphatic rings. The van der Waals surface area contributed by atoms with Crippen LogP contribution in [0.2, 0.25) is 0 Å². The quantitative estimate of drug-likeness (QED) is 0.0186. The van der Waals surface area contributed by atoms with Gasteiger partial charge in [0, 0.05) is 70.4 Å². The summed E-state index contributed by atoms with van der Waals surface area (Å²) in [7, 11) is 3.27. The molecule has 9 atom stereocenters. The van der Waals surface area contributed by atoms with E-state index in [0.717, 1.165) is 30.7 Å². The average molecular weight is 1210 g/mol. The average Bonchev–Trinajstić information content (AvgIpc) is 4.08. The Kier molecular flexibility index (Phi) is 32.9. The minimum absolute atomic E-state index is 0.00881. The monoisotopic (exact) mass is 1200 g/mol. The fourth-order valence-corrected chi connectivity index (χ4v) is 9.99. The van der Waals surface area contributed by atoms with E-state index in [-0.39, 0.29) is 98.5 Å². The van der Waals surface area contributed by atoms with Crippen molar-refractivity contribution in [2.45, 2.75) is 182 Å². The number of likely N-dealkylation sites (tertiary alicyclic amines) is 1. The lowest BCUT2D eigenvalue weighted by atomic mass is 9.92. The molecule has 2 heterocycles. The minimum atomic E-state index is -1.07. The molecule has 0 radical (unpaired) electrons. The first-order valence-electron chi connectivity index (χ1n) is 29.2. The van der Waals surface area contributed by atoms with Crippen molar-refractivity contribution < 1.29 is 81.8 Å². The maximum atomic E-state index is 14.9. The molecule has 7 N–H and O–H groups in total. The van der Waals surface area contributed by atoms with Crippen LogP contribution < -0.4 is 31.3 Å². The number of ether oxygens (including phenoxy) is 6. The number of nitrogens with one attached hydrogen (secondary N) is 5. The highest BCUT2D eigenvalue weighted by Crippen LogP contribution is 2.32. The van der Waals surface area contributed by atoms with Gasteiger partial charge in [0.1, 0.15) is 29.1 Å². The number of nitrogens with zero attached hydrogens (tertiary/aromatic N) is 3. The second-order valence-corrected chi connectivity index (χ2v) is 22.3. The SMILES string of the molecule is CCCC(=O)OCN(C(=O)[C@@H](NC(=O)[C@H]1CCCCN1C)[C@@H](C)CC)[C@H](C[C@@H](OC(C)=O)c1nc(C(=O)N[C@@H](Cc2ccc(OC(=O)NCCCCNC(=O)CCNC(=O)OCC(OC)OC(CC)CO)cc2)C[C@H](C)C(=O)O)cs1)C(C)C. The number of carboxylic acids is 1. The van der Waals surface area contributed by atoms with Gasteiger partial charge in [-0.1, -0.05) is 73.4 Å². The topological polar surface area (TPSA) is 329 Å². The van der Waals surface area contributed by atoms with Gasteiger partial charge in [-0.25, -0.2) is 14.6 Å². The molecule has 25 nitrogen and oxygen atoms in total. The van der Waals surface area contributed by atoms with Gasteiger partial charge in [-0.3, -0.25) is 38.5 Å². The summed E-state index contributed by atoms with van der Waals surface area (Å²) in [5, 5.41) is 34.7. The molecule has 0 bridgehead atoms. The van der Waals surface area contributed by atoms with E-state index in [2.05, 4.69) is 31.6 Å². The van der Waals surface area contributed by atoms with Crippen molar-refractivity contribution in [1.82, 2.24) is 41.4 Å². The van der Waals surface area contributed by atoms with Gasteiger partial charge in [0.15, 0.2) is 19.1 Å². The Morgan fingerprint density at radius 2 is 1.55 bits per heavy atom. The molecular weight excluding hydrogens is 1110 g/mol. The van der Waals surface area contributed by atoms with E-state index >= 15 is 0 Å². The van der Waals surface area contributed by atoms with Crippen LogP contribution in [0.5, 0.6) is 5.75 Å². The number of likely N-dealkylation sites (N-methyl/N-ethyl adjacent to an activating group) is 1. The Morgan fingerprint density at radius 3 is 2.15 bits per heavy atom. The zero-order chi connectivity index (χ0) is 62.3. The van der Waals surface area contributed by atoms with E-state index in [1.807, 2.05) is 53.5 Å². The maximum Gasteiger partial charge on any atom is 0.412 e. The molecule has 1 fully saturated rings. The van der Waals surface area contributed by atoms with Crippen LogP contribution in [0.3, 0.4) is 0 Å². The number of hydrogen-bond donors (Lipinski definition) is 7. The normalized spacial score (nSPS) is 16.3. The highest BCUT2D eigenvalue weighted by Gasteiger charge is 2.40. The van der Waals surface area contributed by atoms with Gasteiger partial charge in [0.05, 0.1) is 24.7 Å². The molecule has 1 aliphatic heterocycles. The molecule has 1 aromatic carbocycles. The van der Waals surface area contributed by atoms with Crippen LogP contribution >= 0.6 is 11.3 Å². The number of methoxy groups -OCH3 is 1. The van der Waals surface area contributed by atoms with Gasteiger partial charge >= 0.3 is 30.1 Å². The zero-order valence-electron chi connectivity index (χ0n) is 50.6. The van der Waals surface area contributed by atoms with E-state index < -0.39 is 97.2 Å². The maximum absolute atomic E-state index is 14.9. The number of aliphatic hydroxyl groups is 1. The fraction of sp³-hybridized carbons (Fsp3) is 0.690. The third kappa shape index (κ3) is 25.8. The van der Waals surface area contributed by atoms with Crippen LogP contribution in [0.15, 0.2) is 29.6 Å². The summed E-state index contributed by atoms with van der Waals surface area (Å²) >= 11 is 1.06. The summed E-state index contributed by atoms with van der Waals surface area (Å²) in [5.74, 6) is -5.10. The number of esters is 2. The molecular formula is C58H92N8O17S. The van der Waals surface area contributed by atoms with E-state index in [1.165, 1.54) is 31.2 Å². The number of rotatable bonds is 38. The number of aromatic nitrogens is 1. The molecule has 6 amide bonds. The molecule has 3 rings (SSSR count). The van der Waals surface area contributed by atoms with Crippen molar-refractivity contribution in [1.29, 1.82) is 0 Å². The lowest BCUT2D eigenvalue weighted by Crippen LogP contribution is -2.59. The zero-order valence-corrected chi connectivity index (χ0v) is 51.4. The third-order valence-electron chi connectivity index (χ3n) is 14.4. The first-order chi connectivity index (χ1) is 40.0. The highest BCUT2D eigenvalue weighted by atomic mass is 32.1. The number of aliphatic carboxylic acids is 1. The molecule has 26 heteroatoms. The number of amides is 6. The van der Waals surface area contributed by atoms with E-state index in [4.69, 9.17) is 28.4 Å². The van der Waals surface area contributed by atoms with Crippen LogP contribution in [0.4, 0.5) is 9.59 Å². The van der Waals surface area contributed by atoms with Gasteiger partial charge in [0.2, 0.25) is 17.7 Å². The van der Waals surface area contributed by atoms with Gasteiger partial charge in [-0.2, -0.15) is 0 Å². The number of hydrogen-bond acceptors (Lipinski definition) is 19. The molecule has 1 aromatic heterocycles. The predicted octanol–water partition coefficient (Wildman–Crippen LogP) is 5.62. The number of carbonyl (C=O) groups excluding carboxylic acids is 8. The number of aliphatic hydroxyl groups excluding tert-OH is 1. The molecule has 0 spiro atoms. The summed E-state index contributed by atoms with van der Waals surface area (Å²) in [6, 6.07) is 3.69.